The monoisotopic (exact) mass is 681 g/mol. The largest absolute Gasteiger partial charge is 0.475 e. The van der Waals surface area contributed by atoms with Gasteiger partial charge in [0.15, 0.2) is 10.9 Å². The molecule has 12 nitrogen and oxygen atoms in total. The number of methoxy groups -OCH3 is 1. The van der Waals surface area contributed by atoms with E-state index in [1.807, 2.05) is 0 Å². The van der Waals surface area contributed by atoms with Crippen LogP contribution >= 0.6 is 12.2 Å². The summed E-state index contributed by atoms with van der Waals surface area (Å²) >= 11 is 5.43. The molecule has 0 spiro atoms. The van der Waals surface area contributed by atoms with Crippen molar-refractivity contribution >= 4 is 52.8 Å². The molecule has 0 bridgehead atoms. The van der Waals surface area contributed by atoms with Crippen molar-refractivity contribution in [2.45, 2.75) is 52.4 Å². The summed E-state index contributed by atoms with van der Waals surface area (Å²) in [5.74, 6) is -4.42. The summed E-state index contributed by atoms with van der Waals surface area (Å²) in [5.41, 5.74) is -5.97. The van der Waals surface area contributed by atoms with Crippen LogP contribution in [0.3, 0.4) is 0 Å². The van der Waals surface area contributed by atoms with Crippen LogP contribution in [-0.2, 0) is 30.0 Å². The predicted molar refractivity (Wildman–Crippen MR) is 162 cm³/mol. The smallest absolute Gasteiger partial charge is 0.420 e. The molecule has 2 heterocycles. The number of nitrogens with one attached hydrogen (secondary N) is 1. The molecule has 1 aromatic heterocycles. The van der Waals surface area contributed by atoms with Crippen LogP contribution in [0.1, 0.15) is 56.1 Å². The summed E-state index contributed by atoms with van der Waals surface area (Å²) in [6.07, 6.45) is -3.45. The van der Waals surface area contributed by atoms with Crippen LogP contribution in [0.2, 0.25) is 0 Å². The molecular formula is C30H31F4N5O7S. The second-order valence-electron chi connectivity index (χ2n) is 11.7. The van der Waals surface area contributed by atoms with E-state index in [2.05, 4.69) is 10.3 Å². The van der Waals surface area contributed by atoms with Crippen molar-refractivity contribution in [1.82, 2.24) is 10.3 Å². The molecule has 2 amide bonds. The zero-order valence-electron chi connectivity index (χ0n) is 26.2. The molecule has 3 rings (SSSR count). The summed E-state index contributed by atoms with van der Waals surface area (Å²) in [5, 5.41) is 11.2. The molecule has 1 saturated heterocycles. The number of hydrogen-bond donors (Lipinski definition) is 1. The third kappa shape index (κ3) is 7.66. The van der Waals surface area contributed by atoms with E-state index in [1.54, 1.807) is 20.8 Å². The van der Waals surface area contributed by atoms with Crippen LogP contribution in [0.5, 0.6) is 5.88 Å². The number of aromatic nitrogens is 1. The lowest BCUT2D eigenvalue weighted by Gasteiger charge is -2.29. The number of nitriles is 1. The van der Waals surface area contributed by atoms with Gasteiger partial charge in [0.05, 0.1) is 49.0 Å². The number of carbonyl (C=O) groups excluding carboxylic acids is 4. The van der Waals surface area contributed by atoms with E-state index in [0.717, 1.165) is 19.2 Å². The third-order valence-electron chi connectivity index (χ3n) is 7.02. The molecule has 1 aliphatic rings. The van der Waals surface area contributed by atoms with Gasteiger partial charge >= 0.3 is 12.1 Å². The van der Waals surface area contributed by atoms with Gasteiger partial charge in [0, 0.05) is 0 Å². The topological polar surface area (TPSA) is 151 Å². The SMILES string of the molecule is COC(=O)c1cc(N2C(=S)N(c3ccc(C#N)c(C(F)(F)F)c3F)C(=O)C2(C)C)cnc1OCCOCC(=O)NC(C=O)C(C)(C)C. The number of thiocarbonyl (C=S) groups is 1. The molecule has 1 unspecified atom stereocenters. The molecule has 0 radical (unpaired) electrons. The zero-order chi connectivity index (χ0) is 35.5. The maximum atomic E-state index is 15.3. The van der Waals surface area contributed by atoms with Crippen molar-refractivity contribution in [2.24, 2.45) is 5.41 Å². The number of benzene rings is 1. The second kappa shape index (κ2) is 14.0. The number of hydrogen-bond acceptors (Lipinski definition) is 10. The predicted octanol–water partition coefficient (Wildman–Crippen LogP) is 3.94. The Morgan fingerprint density at radius 3 is 2.43 bits per heavy atom. The normalized spacial score (nSPS) is 15.3. The van der Waals surface area contributed by atoms with Gasteiger partial charge in [-0.1, -0.05) is 20.8 Å². The van der Waals surface area contributed by atoms with E-state index in [0.29, 0.717) is 11.2 Å². The van der Waals surface area contributed by atoms with E-state index in [-0.39, 0.29) is 37.0 Å². The van der Waals surface area contributed by atoms with E-state index in [9.17, 15) is 32.3 Å². The van der Waals surface area contributed by atoms with Gasteiger partial charge in [0.2, 0.25) is 11.8 Å². The van der Waals surface area contributed by atoms with E-state index in [1.165, 1.54) is 37.1 Å². The maximum Gasteiger partial charge on any atom is 0.420 e. The lowest BCUT2D eigenvalue weighted by atomic mass is 9.88. The number of esters is 1. The van der Waals surface area contributed by atoms with Crippen LogP contribution < -0.4 is 19.9 Å². The van der Waals surface area contributed by atoms with Gasteiger partial charge in [0.25, 0.3) is 5.91 Å². The number of ether oxygens (including phenoxy) is 3. The van der Waals surface area contributed by atoms with Crippen LogP contribution in [0.4, 0.5) is 28.9 Å². The van der Waals surface area contributed by atoms with Crippen LogP contribution in [-0.4, -0.2) is 72.7 Å². The Labute approximate surface area is 272 Å². The highest BCUT2D eigenvalue weighted by Gasteiger charge is 2.52. The van der Waals surface area contributed by atoms with Gasteiger partial charge in [-0.25, -0.2) is 14.2 Å². The van der Waals surface area contributed by atoms with Crippen molar-refractivity contribution in [1.29, 1.82) is 5.26 Å². The average molecular weight is 682 g/mol. The van der Waals surface area contributed by atoms with Gasteiger partial charge in [-0.3, -0.25) is 14.5 Å². The van der Waals surface area contributed by atoms with Crippen LogP contribution in [0.25, 0.3) is 0 Å². The fourth-order valence-electron chi connectivity index (χ4n) is 4.52. The number of rotatable bonds is 11. The van der Waals surface area contributed by atoms with Gasteiger partial charge < -0.3 is 29.2 Å². The highest BCUT2D eigenvalue weighted by molar-refractivity contribution is 7.81. The lowest BCUT2D eigenvalue weighted by molar-refractivity contribution is -0.140. The van der Waals surface area contributed by atoms with Gasteiger partial charge in [-0.2, -0.15) is 18.4 Å². The molecule has 17 heteroatoms. The summed E-state index contributed by atoms with van der Waals surface area (Å²) in [6.45, 7) is 7.42. The molecule has 2 aromatic rings. The number of carbonyl (C=O) groups is 4. The van der Waals surface area contributed by atoms with E-state index in [4.69, 9.17) is 31.7 Å². The number of anilines is 2. The third-order valence-corrected chi connectivity index (χ3v) is 7.39. The molecule has 1 N–H and O–H groups in total. The molecule has 1 aromatic carbocycles. The van der Waals surface area contributed by atoms with Crippen molar-refractivity contribution in [3.63, 3.8) is 0 Å². The first-order valence-electron chi connectivity index (χ1n) is 13.8. The summed E-state index contributed by atoms with van der Waals surface area (Å²) in [4.78, 5) is 55.4. The Bertz CT molecular complexity index is 1640. The Kier molecular flexibility index (Phi) is 10.9. The first-order chi connectivity index (χ1) is 21.8. The molecule has 0 saturated carbocycles. The molecule has 0 aliphatic carbocycles. The number of aldehydes is 1. The molecular weight excluding hydrogens is 650 g/mol. The quantitative estimate of drug-likeness (QED) is 0.121. The molecule has 1 aliphatic heterocycles. The van der Waals surface area contributed by atoms with Crippen molar-refractivity contribution in [2.75, 3.05) is 36.7 Å². The number of pyridine rings is 1. The molecule has 1 fully saturated rings. The zero-order valence-corrected chi connectivity index (χ0v) is 27.0. The Morgan fingerprint density at radius 1 is 1.21 bits per heavy atom. The Hall–Kier alpha value is -4.69. The first-order valence-corrected chi connectivity index (χ1v) is 14.2. The summed E-state index contributed by atoms with van der Waals surface area (Å²) < 4.78 is 72.0. The van der Waals surface area contributed by atoms with Crippen LogP contribution in [0.15, 0.2) is 24.4 Å². The average Bonchev–Trinajstić information content (AvgIpc) is 3.16. The molecule has 252 valence electrons. The van der Waals surface area contributed by atoms with Gasteiger partial charge in [0.1, 0.15) is 36.2 Å². The number of alkyl halides is 3. The maximum absolute atomic E-state index is 15.3. The minimum Gasteiger partial charge on any atom is -0.475 e. The van der Waals surface area contributed by atoms with Gasteiger partial charge in [-0.15, -0.1) is 0 Å². The summed E-state index contributed by atoms with van der Waals surface area (Å²) in [6, 6.07) is 3.37. The van der Waals surface area contributed by atoms with Crippen molar-refractivity contribution < 1.29 is 51.0 Å². The summed E-state index contributed by atoms with van der Waals surface area (Å²) in [7, 11) is 1.09. The minimum absolute atomic E-state index is 0.0187. The molecule has 1 atom stereocenters. The highest BCUT2D eigenvalue weighted by Crippen LogP contribution is 2.42. The Morgan fingerprint density at radius 2 is 1.87 bits per heavy atom. The number of halogens is 4. The first kappa shape index (κ1) is 36.8. The van der Waals surface area contributed by atoms with E-state index < -0.39 is 68.7 Å². The fourth-order valence-corrected chi connectivity index (χ4v) is 5.03. The standard InChI is InChI=1S/C30H31F4N5O7S/c1-28(2,3)20(14-40)37-21(41)15-45-9-10-46-24-18(25(42)44-6)11-17(13-36-24)39-27(47)38(26(43)29(39,4)5)19-8-7-16(12-35)22(23(19)31)30(32,33)34/h7-8,11,13-14,20H,9-10,15H2,1-6H3,(H,37,41). The second-order valence-corrected chi connectivity index (χ2v) is 12.1. The fraction of sp³-hybridized carbons (Fsp3) is 0.433. The molecule has 47 heavy (non-hydrogen) atoms. The van der Waals surface area contributed by atoms with Crippen molar-refractivity contribution in [3.8, 4) is 11.9 Å². The minimum atomic E-state index is -5.25. The lowest BCUT2D eigenvalue weighted by Crippen LogP contribution is -2.46. The van der Waals surface area contributed by atoms with E-state index >= 15 is 4.39 Å². The highest BCUT2D eigenvalue weighted by atomic mass is 32.1. The Balaban J connectivity index is 1.84. The number of nitrogens with zero attached hydrogens (tertiary/aromatic N) is 4. The van der Waals surface area contributed by atoms with Crippen molar-refractivity contribution in [3.05, 3.63) is 46.9 Å². The van der Waals surface area contributed by atoms with Gasteiger partial charge in [-0.05, 0) is 49.7 Å². The van der Waals surface area contributed by atoms with Crippen LogP contribution in [0, 0.1) is 22.6 Å². The number of amides is 2.